The number of quaternary nitrogens is 1. The van der Waals surface area contributed by atoms with Crippen LogP contribution in [-0.4, -0.2) is 165 Å². The monoisotopic (exact) mass is 1350 g/mol. The third-order valence-corrected chi connectivity index (χ3v) is 14.9. The molecular formula is C70H115N28+. The number of aromatic nitrogens is 9. The lowest BCUT2D eigenvalue weighted by Gasteiger charge is -2.23. The SMILES string of the molecule is CNCCCCCCNc1nc(NCCCCN=C(N)N)nc(NCCCCN=C(N)N)n1.CNCCCCCCNc1nc(Nc2ccc(C)cc2)nc(Nc2ccc([N+](C)(C)C)cc2)n1.CNCCCCCCNc1nc(Nc2cccc(C)c2)nc(Nc2cccc(C)c2)n1. The molecule has 0 radical (unpaired) electrons. The smallest absolute Gasteiger partial charge is 0.233 e. The average Bonchev–Trinajstić information content (AvgIpc) is 0.877. The Labute approximate surface area is 582 Å². The molecule has 0 aliphatic carbocycles. The number of nitrogens with two attached hydrogens (primary N) is 4. The Morgan fingerprint density at radius 3 is 0.888 bits per heavy atom. The molecule has 0 aliphatic rings. The highest BCUT2D eigenvalue weighted by Crippen LogP contribution is 2.25. The van der Waals surface area contributed by atoms with Gasteiger partial charge in [0.1, 0.15) is 5.69 Å². The van der Waals surface area contributed by atoms with E-state index < -0.39 is 0 Å². The second-order valence-electron chi connectivity index (χ2n) is 24.8. The highest BCUT2D eigenvalue weighted by Gasteiger charge is 2.14. The second-order valence-corrected chi connectivity index (χ2v) is 24.8. The Kier molecular flexibility index (Phi) is 37.7. The number of anilines is 13. The van der Waals surface area contributed by atoms with Crippen molar-refractivity contribution in [1.29, 1.82) is 0 Å². The fraction of sp³-hybridized carbons (Fsp3) is 0.500. The molecule has 28 nitrogen and oxygen atoms in total. The minimum atomic E-state index is 0.118. The van der Waals surface area contributed by atoms with Gasteiger partial charge in [-0.15, -0.1) is 0 Å². The molecule has 3 aromatic heterocycles. The maximum absolute atomic E-state index is 5.34. The number of hydrogen-bond acceptors (Lipinski definition) is 23. The third kappa shape index (κ3) is 35.5. The van der Waals surface area contributed by atoms with Crippen LogP contribution in [0.25, 0.3) is 0 Å². The standard InChI is InChI=1S/C26H39N8.C24H33N7.C20H43N13/c1-20-10-12-21(13-11-20)29-25-31-24(28-19-9-7-6-8-18-27-2)32-26(33-25)30-22-14-16-23(17-15-22)34(3,4)5;1-18-10-8-12-20(16-18)27-23-29-22(26-15-7-5-4-6-14-25-3)30-24(31-23)28-21-13-9-11-19(2)17-21;1-25-10-4-2-3-5-13-28-18-31-19(29-14-8-6-11-26-16(21)22)33-20(32-18)30-15-9-7-12-27-17(23)24/h10-17,27H,6-9,18-19H2,1-5H3,(H3,28,29,30,31,32,33);8-13,16-17,25H,4-7,14-15H2,1-3H3,(H3,26,27,28,29,30,31);25H,2-15H2,1H3,(H4,21,22,26)(H4,23,24,27)(H3,28,29,30,31,32,33)/q+1;;. The van der Waals surface area contributed by atoms with Crippen molar-refractivity contribution in [3.8, 4) is 0 Å². The summed E-state index contributed by atoms with van der Waals surface area (Å²) < 4.78 is 0.764. The first-order valence-corrected chi connectivity index (χ1v) is 34.7. The van der Waals surface area contributed by atoms with Gasteiger partial charge in [-0.3, -0.25) is 14.5 Å². The molecule has 0 fully saturated rings. The van der Waals surface area contributed by atoms with E-state index in [-0.39, 0.29) is 11.9 Å². The van der Waals surface area contributed by atoms with Gasteiger partial charge in [0.2, 0.25) is 53.5 Å². The van der Waals surface area contributed by atoms with Gasteiger partial charge in [0, 0.05) is 80.7 Å². The molecule has 0 saturated carbocycles. The highest BCUT2D eigenvalue weighted by molar-refractivity contribution is 5.76. The molecule has 7 aromatic rings. The predicted molar refractivity (Wildman–Crippen MR) is 412 cm³/mol. The molecule has 0 aliphatic heterocycles. The molecule has 20 N–H and O–H groups in total. The summed E-state index contributed by atoms with van der Waals surface area (Å²) in [5.74, 6) is 5.00. The van der Waals surface area contributed by atoms with Crippen LogP contribution in [0.4, 0.5) is 82.0 Å². The van der Waals surface area contributed by atoms with Crippen LogP contribution >= 0.6 is 0 Å². The fourth-order valence-electron chi connectivity index (χ4n) is 9.57. The normalized spacial score (nSPS) is 10.8. The largest absolute Gasteiger partial charge is 0.370 e. The number of rotatable bonds is 45. The molecule has 0 atom stereocenters. The fourth-order valence-corrected chi connectivity index (χ4v) is 9.57. The Balaban J connectivity index is 0.000000266. The first-order chi connectivity index (χ1) is 47.5. The molecule has 98 heavy (non-hydrogen) atoms. The van der Waals surface area contributed by atoms with Crippen molar-refractivity contribution < 1.29 is 0 Å². The Morgan fingerprint density at radius 1 is 0.316 bits per heavy atom. The first-order valence-electron chi connectivity index (χ1n) is 34.7. The van der Waals surface area contributed by atoms with Crippen LogP contribution in [0.1, 0.15) is 119 Å². The summed E-state index contributed by atoms with van der Waals surface area (Å²) in [7, 11) is 12.4. The Morgan fingerprint density at radius 2 is 0.592 bits per heavy atom. The van der Waals surface area contributed by atoms with Gasteiger partial charge in [-0.2, -0.15) is 44.9 Å². The zero-order valence-electron chi connectivity index (χ0n) is 59.8. The van der Waals surface area contributed by atoms with Gasteiger partial charge < -0.3 is 86.7 Å². The van der Waals surface area contributed by atoms with Crippen LogP contribution in [-0.2, 0) is 0 Å². The number of hydrogen-bond donors (Lipinski definition) is 16. The van der Waals surface area contributed by atoms with Crippen LogP contribution < -0.4 is 91.2 Å². The first kappa shape index (κ1) is 79.2. The summed E-state index contributed by atoms with van der Waals surface area (Å²) in [4.78, 5) is 48.9. The Hall–Kier alpha value is -9.51. The lowest BCUT2D eigenvalue weighted by Crippen LogP contribution is -2.34. The van der Waals surface area contributed by atoms with Gasteiger partial charge in [0.15, 0.2) is 11.9 Å². The minimum absolute atomic E-state index is 0.118. The van der Waals surface area contributed by atoms with Gasteiger partial charge in [0.25, 0.3) is 0 Å². The molecule has 3 heterocycles. The third-order valence-electron chi connectivity index (χ3n) is 14.9. The molecule has 7 rings (SSSR count). The van der Waals surface area contributed by atoms with Crippen molar-refractivity contribution in [2.24, 2.45) is 32.9 Å². The predicted octanol–water partition coefficient (Wildman–Crippen LogP) is 10.2. The van der Waals surface area contributed by atoms with Gasteiger partial charge in [0.05, 0.1) is 21.1 Å². The van der Waals surface area contributed by atoms with Crippen molar-refractivity contribution >= 4 is 93.9 Å². The molecule has 4 aromatic carbocycles. The van der Waals surface area contributed by atoms with E-state index in [0.717, 1.165) is 111 Å². The van der Waals surface area contributed by atoms with Gasteiger partial charge in [-0.1, -0.05) is 80.5 Å². The van der Waals surface area contributed by atoms with Crippen molar-refractivity contribution in [2.45, 2.75) is 124 Å². The van der Waals surface area contributed by atoms with Crippen LogP contribution in [0.3, 0.4) is 0 Å². The summed E-state index contributed by atoms with van der Waals surface area (Å²) in [6, 6.07) is 32.8. The van der Waals surface area contributed by atoms with Crippen LogP contribution in [0.15, 0.2) is 107 Å². The molecular weight excluding hydrogens is 1230 g/mol. The molecule has 534 valence electrons. The van der Waals surface area contributed by atoms with E-state index in [2.05, 4.69) is 209 Å². The van der Waals surface area contributed by atoms with Gasteiger partial charge in [-0.25, -0.2) is 0 Å². The molecule has 0 spiro atoms. The molecule has 0 amide bonds. The number of nitrogens with zero attached hydrogens (tertiary/aromatic N) is 12. The zero-order chi connectivity index (χ0) is 70.4. The quantitative estimate of drug-likeness (QED) is 0.00730. The summed E-state index contributed by atoms with van der Waals surface area (Å²) in [5.41, 5.74) is 29.9. The van der Waals surface area contributed by atoms with E-state index >= 15 is 0 Å². The second kappa shape index (κ2) is 46.6. The van der Waals surface area contributed by atoms with E-state index in [1.807, 2.05) is 69.7 Å². The van der Waals surface area contributed by atoms with E-state index in [1.54, 1.807) is 0 Å². The zero-order valence-corrected chi connectivity index (χ0v) is 59.8. The minimum Gasteiger partial charge on any atom is -0.370 e. The summed E-state index contributed by atoms with van der Waals surface area (Å²) in [6.07, 6.45) is 17.5. The number of benzene rings is 4. The van der Waals surface area contributed by atoms with Gasteiger partial charge >= 0.3 is 0 Å². The topological polar surface area (TPSA) is 389 Å². The number of nitrogens with one attached hydrogen (secondary N) is 12. The molecule has 0 saturated heterocycles. The van der Waals surface area contributed by atoms with Crippen molar-refractivity contribution in [3.63, 3.8) is 0 Å². The molecule has 28 heteroatoms. The lowest BCUT2D eigenvalue weighted by atomic mass is 10.2. The molecule has 0 unspecified atom stereocenters. The number of unbranched alkanes of at least 4 members (excludes halogenated alkanes) is 11. The maximum atomic E-state index is 5.34. The summed E-state index contributed by atoms with van der Waals surface area (Å²) in [6.45, 7) is 14.5. The van der Waals surface area contributed by atoms with E-state index in [9.17, 15) is 0 Å². The van der Waals surface area contributed by atoms with Crippen molar-refractivity contribution in [2.75, 3.05) is 156 Å². The summed E-state index contributed by atoms with van der Waals surface area (Å²) >= 11 is 0. The summed E-state index contributed by atoms with van der Waals surface area (Å²) in [5, 5.41) is 39.3. The van der Waals surface area contributed by atoms with Crippen LogP contribution in [0.2, 0.25) is 0 Å². The molecule has 0 bridgehead atoms. The van der Waals surface area contributed by atoms with Crippen LogP contribution in [0, 0.1) is 20.8 Å². The highest BCUT2D eigenvalue weighted by atomic mass is 15.3. The number of aryl methyl sites for hydroxylation is 3. The van der Waals surface area contributed by atoms with Crippen LogP contribution in [0.5, 0.6) is 0 Å². The van der Waals surface area contributed by atoms with Gasteiger partial charge in [-0.05, 0) is 185 Å². The van der Waals surface area contributed by atoms with Crippen molar-refractivity contribution in [1.82, 2.24) is 65.3 Å². The lowest BCUT2D eigenvalue weighted by molar-refractivity contribution is 0.486. The van der Waals surface area contributed by atoms with E-state index in [1.165, 1.54) is 80.2 Å². The number of aliphatic imine (C=N–C) groups is 2. The average molecular weight is 1350 g/mol. The van der Waals surface area contributed by atoms with Crippen molar-refractivity contribution in [3.05, 3.63) is 114 Å². The number of guanidine groups is 2. The maximum Gasteiger partial charge on any atom is 0.233 e. The Bertz CT molecular complexity index is 3240. The van der Waals surface area contributed by atoms with E-state index in [4.69, 9.17) is 22.9 Å². The van der Waals surface area contributed by atoms with E-state index in [0.29, 0.717) is 79.7 Å².